The van der Waals surface area contributed by atoms with Gasteiger partial charge in [0.05, 0.1) is 16.3 Å². The van der Waals surface area contributed by atoms with Gasteiger partial charge in [-0.2, -0.15) is 13.2 Å². The van der Waals surface area contributed by atoms with Crippen LogP contribution in [0.15, 0.2) is 29.6 Å². The average Bonchev–Trinajstić information content (AvgIpc) is 2.83. The lowest BCUT2D eigenvalue weighted by molar-refractivity contribution is -0.138. The van der Waals surface area contributed by atoms with E-state index in [-0.39, 0.29) is 12.0 Å². The van der Waals surface area contributed by atoms with Crippen LogP contribution >= 0.6 is 11.3 Å². The highest BCUT2D eigenvalue weighted by atomic mass is 32.1. The number of aryl methyl sites for hydroxylation is 1. The second-order valence-electron chi connectivity index (χ2n) is 4.46. The van der Waals surface area contributed by atoms with Crippen molar-refractivity contribution in [3.8, 4) is 0 Å². The van der Waals surface area contributed by atoms with Gasteiger partial charge in [0.2, 0.25) is 0 Å². The predicted molar refractivity (Wildman–Crippen MR) is 73.7 cm³/mol. The van der Waals surface area contributed by atoms with E-state index in [0.29, 0.717) is 11.6 Å². The number of alkyl halides is 3. The van der Waals surface area contributed by atoms with E-state index in [2.05, 4.69) is 4.98 Å². The zero-order valence-electron chi connectivity index (χ0n) is 10.8. The molecule has 0 spiro atoms. The Hall–Kier alpha value is -1.40. The van der Waals surface area contributed by atoms with Gasteiger partial charge in [0.1, 0.15) is 0 Å². The Bertz CT molecular complexity index is 564. The molecule has 0 bridgehead atoms. The van der Waals surface area contributed by atoms with Gasteiger partial charge in [0.15, 0.2) is 0 Å². The van der Waals surface area contributed by atoms with Crippen molar-refractivity contribution in [3.05, 3.63) is 51.5 Å². The second-order valence-corrected chi connectivity index (χ2v) is 5.40. The number of rotatable bonds is 5. The zero-order chi connectivity index (χ0) is 14.6. The van der Waals surface area contributed by atoms with Crippen molar-refractivity contribution in [2.45, 2.75) is 25.4 Å². The van der Waals surface area contributed by atoms with Crippen LogP contribution in [0.3, 0.4) is 0 Å². The number of halogens is 3. The Morgan fingerprint density at radius 2 is 1.95 bits per heavy atom. The minimum Gasteiger partial charge on any atom is -0.330 e. The highest BCUT2D eigenvalue weighted by Gasteiger charge is 2.32. The maximum absolute atomic E-state index is 12.9. The standard InChI is InChI=1S/C14H15F3N2S/c15-14(16,17)12-6-2-1-4-10(12)8-13-19-11(9-20-13)5-3-7-18/h1-2,4,6,9H,3,5,7-8,18H2. The molecule has 1 heterocycles. The van der Waals surface area contributed by atoms with Crippen molar-refractivity contribution in [2.75, 3.05) is 6.54 Å². The number of nitrogens with two attached hydrogens (primary N) is 1. The predicted octanol–water partition coefficient (Wildman–Crippen LogP) is 3.64. The summed E-state index contributed by atoms with van der Waals surface area (Å²) in [5.74, 6) is 0. The van der Waals surface area contributed by atoms with Crippen molar-refractivity contribution < 1.29 is 13.2 Å². The van der Waals surface area contributed by atoms with Crippen molar-refractivity contribution in [1.82, 2.24) is 4.98 Å². The minimum absolute atomic E-state index is 0.211. The fraction of sp³-hybridized carbons (Fsp3) is 0.357. The normalized spacial score (nSPS) is 11.8. The molecule has 0 aliphatic rings. The van der Waals surface area contributed by atoms with Gasteiger partial charge in [-0.05, 0) is 31.0 Å². The topological polar surface area (TPSA) is 38.9 Å². The molecule has 2 N–H and O–H groups in total. The molecular weight excluding hydrogens is 285 g/mol. The molecule has 0 radical (unpaired) electrons. The lowest BCUT2D eigenvalue weighted by Crippen LogP contribution is -2.09. The Kier molecular flexibility index (Phi) is 4.77. The average molecular weight is 300 g/mol. The first kappa shape index (κ1) is 15.0. The van der Waals surface area contributed by atoms with Gasteiger partial charge in [-0.3, -0.25) is 0 Å². The molecule has 0 fully saturated rings. The summed E-state index contributed by atoms with van der Waals surface area (Å²) in [6.45, 7) is 0.587. The molecule has 0 saturated carbocycles. The van der Waals surface area contributed by atoms with Crippen molar-refractivity contribution in [1.29, 1.82) is 0 Å². The Morgan fingerprint density at radius 1 is 1.20 bits per heavy atom. The monoisotopic (exact) mass is 300 g/mol. The van der Waals surface area contributed by atoms with Crippen molar-refractivity contribution in [2.24, 2.45) is 5.73 Å². The first-order valence-electron chi connectivity index (χ1n) is 6.29. The highest BCUT2D eigenvalue weighted by Crippen LogP contribution is 2.33. The lowest BCUT2D eigenvalue weighted by atomic mass is 10.0. The summed E-state index contributed by atoms with van der Waals surface area (Å²) < 4.78 is 38.7. The van der Waals surface area contributed by atoms with Crippen LogP contribution in [0.4, 0.5) is 13.2 Å². The smallest absolute Gasteiger partial charge is 0.330 e. The summed E-state index contributed by atoms with van der Waals surface area (Å²) in [6, 6.07) is 5.64. The number of thiazole rings is 1. The highest BCUT2D eigenvalue weighted by molar-refractivity contribution is 7.09. The molecule has 6 heteroatoms. The largest absolute Gasteiger partial charge is 0.416 e. The molecule has 0 saturated heterocycles. The number of nitrogens with zero attached hydrogens (tertiary/aromatic N) is 1. The van der Waals surface area contributed by atoms with Gasteiger partial charge in [-0.25, -0.2) is 4.98 Å². The third-order valence-electron chi connectivity index (χ3n) is 2.90. The molecule has 2 rings (SSSR count). The van der Waals surface area contributed by atoms with Crippen LogP contribution in [-0.4, -0.2) is 11.5 Å². The molecular formula is C14H15F3N2S. The first-order chi connectivity index (χ1) is 9.50. The van der Waals surface area contributed by atoms with Gasteiger partial charge >= 0.3 is 6.18 Å². The van der Waals surface area contributed by atoms with E-state index in [4.69, 9.17) is 5.73 Å². The molecule has 1 aromatic carbocycles. The van der Waals surface area contributed by atoms with Crippen LogP contribution in [0.5, 0.6) is 0 Å². The van der Waals surface area contributed by atoms with Crippen LogP contribution in [0.1, 0.15) is 28.2 Å². The van der Waals surface area contributed by atoms with Crippen LogP contribution in [0, 0.1) is 0 Å². The maximum Gasteiger partial charge on any atom is 0.416 e. The summed E-state index contributed by atoms with van der Waals surface area (Å²) in [4.78, 5) is 4.36. The Labute approximate surface area is 119 Å². The van der Waals surface area contributed by atoms with Crippen molar-refractivity contribution >= 4 is 11.3 Å². The van der Waals surface area contributed by atoms with E-state index in [1.54, 1.807) is 6.07 Å². The molecule has 20 heavy (non-hydrogen) atoms. The molecule has 108 valence electrons. The number of hydrogen-bond donors (Lipinski definition) is 1. The van der Waals surface area contributed by atoms with Gasteiger partial charge in [0.25, 0.3) is 0 Å². The van der Waals surface area contributed by atoms with E-state index in [9.17, 15) is 13.2 Å². The Morgan fingerprint density at radius 3 is 2.65 bits per heavy atom. The fourth-order valence-electron chi connectivity index (χ4n) is 1.94. The van der Waals surface area contributed by atoms with Crippen molar-refractivity contribution in [3.63, 3.8) is 0 Å². The maximum atomic E-state index is 12.9. The summed E-state index contributed by atoms with van der Waals surface area (Å²) in [5, 5.41) is 2.59. The fourth-order valence-corrected chi connectivity index (χ4v) is 2.79. The summed E-state index contributed by atoms with van der Waals surface area (Å²) >= 11 is 1.39. The molecule has 0 aliphatic heterocycles. The molecule has 0 aliphatic carbocycles. The quantitative estimate of drug-likeness (QED) is 0.915. The molecule has 1 aromatic heterocycles. The molecule has 0 amide bonds. The lowest BCUT2D eigenvalue weighted by Gasteiger charge is -2.11. The van der Waals surface area contributed by atoms with Gasteiger partial charge in [-0.15, -0.1) is 11.3 Å². The van der Waals surface area contributed by atoms with Crippen LogP contribution in [-0.2, 0) is 19.0 Å². The van der Waals surface area contributed by atoms with E-state index in [1.807, 2.05) is 5.38 Å². The third kappa shape index (κ3) is 3.80. The summed E-state index contributed by atoms with van der Waals surface area (Å²) in [6.07, 6.45) is -2.50. The van der Waals surface area contributed by atoms with E-state index in [1.165, 1.54) is 23.5 Å². The van der Waals surface area contributed by atoms with Crippen LogP contribution in [0.2, 0.25) is 0 Å². The minimum atomic E-state index is -4.32. The summed E-state index contributed by atoms with van der Waals surface area (Å²) in [7, 11) is 0. The first-order valence-corrected chi connectivity index (χ1v) is 7.17. The zero-order valence-corrected chi connectivity index (χ0v) is 11.6. The van der Waals surface area contributed by atoms with Gasteiger partial charge in [-0.1, -0.05) is 18.2 Å². The Balaban J connectivity index is 2.16. The van der Waals surface area contributed by atoms with Gasteiger partial charge in [0, 0.05) is 11.8 Å². The van der Waals surface area contributed by atoms with Crippen LogP contribution < -0.4 is 5.73 Å². The van der Waals surface area contributed by atoms with E-state index < -0.39 is 11.7 Å². The van der Waals surface area contributed by atoms with E-state index >= 15 is 0 Å². The van der Waals surface area contributed by atoms with Crippen LogP contribution in [0.25, 0.3) is 0 Å². The number of aromatic nitrogens is 1. The van der Waals surface area contributed by atoms with E-state index in [0.717, 1.165) is 24.6 Å². The summed E-state index contributed by atoms with van der Waals surface area (Å²) in [5.41, 5.74) is 6.01. The number of hydrogen-bond acceptors (Lipinski definition) is 3. The molecule has 0 unspecified atom stereocenters. The SMILES string of the molecule is NCCCc1csc(Cc2ccccc2C(F)(F)F)n1. The van der Waals surface area contributed by atoms with Gasteiger partial charge < -0.3 is 5.73 Å². The molecule has 2 aromatic rings. The second kappa shape index (κ2) is 6.37. The number of benzene rings is 1. The molecule has 2 nitrogen and oxygen atoms in total. The third-order valence-corrected chi connectivity index (χ3v) is 3.80. The molecule has 0 atom stereocenters.